The highest BCUT2D eigenvalue weighted by Gasteiger charge is 2.13. The summed E-state index contributed by atoms with van der Waals surface area (Å²) in [5, 5.41) is 2.50. The Morgan fingerprint density at radius 2 is 1.23 bits per heavy atom. The minimum Gasteiger partial charge on any atom is -0.0894 e. The van der Waals surface area contributed by atoms with Crippen molar-refractivity contribution in [3.05, 3.63) is 132 Å². The zero-order valence-electron chi connectivity index (χ0n) is 16.9. The predicted octanol–water partition coefficient (Wildman–Crippen LogP) is 8.42. The zero-order valence-corrected chi connectivity index (χ0v) is 18.5. The molecule has 31 heavy (non-hydrogen) atoms. The van der Waals surface area contributed by atoms with Crippen LogP contribution in [0.15, 0.2) is 131 Å². The van der Waals surface area contributed by atoms with Crippen LogP contribution in [-0.2, 0) is 0 Å². The van der Waals surface area contributed by atoms with Crippen molar-refractivity contribution >= 4 is 39.6 Å². The van der Waals surface area contributed by atoms with Crippen LogP contribution in [-0.4, -0.2) is 4.86 Å². The van der Waals surface area contributed by atoms with Gasteiger partial charge in [0, 0.05) is 15.4 Å². The lowest BCUT2D eigenvalue weighted by Crippen LogP contribution is -2.01. The third-order valence-electron chi connectivity index (χ3n) is 5.32. The lowest BCUT2D eigenvalue weighted by Gasteiger charge is -2.14. The lowest BCUT2D eigenvalue weighted by atomic mass is 10.00. The van der Waals surface area contributed by atoms with Gasteiger partial charge in [-0.1, -0.05) is 127 Å². The van der Waals surface area contributed by atoms with Crippen molar-refractivity contribution in [1.82, 2.24) is 0 Å². The smallest absolute Gasteiger partial charge is 0.0533 e. The maximum Gasteiger partial charge on any atom is 0.0533 e. The monoisotopic (exact) mass is 432 g/mol. The number of benzene rings is 5. The Bertz CT molecular complexity index is 1360. The first-order valence-electron chi connectivity index (χ1n) is 10.2. The number of hydrogen-bond donors (Lipinski definition) is 0. The van der Waals surface area contributed by atoms with E-state index in [1.54, 1.807) is 11.8 Å². The average Bonchev–Trinajstić information content (AvgIpc) is 2.84. The zero-order chi connectivity index (χ0) is 21.0. The quantitative estimate of drug-likeness (QED) is 0.202. The Kier molecular flexibility index (Phi) is 5.66. The summed E-state index contributed by atoms with van der Waals surface area (Å²) in [5.41, 5.74) is 4.58. The molecule has 0 nitrogen and oxygen atoms in total. The summed E-state index contributed by atoms with van der Waals surface area (Å²) in [5.74, 6) is 0. The Morgan fingerprint density at radius 3 is 2.00 bits per heavy atom. The third-order valence-corrected chi connectivity index (χ3v) is 6.82. The lowest BCUT2D eigenvalue weighted by molar-refractivity contribution is 1.39. The Labute approximate surface area is 192 Å². The van der Waals surface area contributed by atoms with E-state index in [1.807, 2.05) is 24.3 Å². The summed E-state index contributed by atoms with van der Waals surface area (Å²) in [7, 11) is 0. The second-order valence-corrected chi connectivity index (χ2v) is 8.91. The van der Waals surface area contributed by atoms with Crippen LogP contribution in [0.1, 0.15) is 11.1 Å². The molecule has 0 spiro atoms. The van der Waals surface area contributed by atoms with Gasteiger partial charge in [0.25, 0.3) is 0 Å². The molecular formula is C29H20S2. The molecule has 0 aliphatic carbocycles. The molecule has 5 aromatic carbocycles. The molecule has 5 rings (SSSR count). The summed E-state index contributed by atoms with van der Waals surface area (Å²) in [6.45, 7) is 0. The van der Waals surface area contributed by atoms with E-state index < -0.39 is 0 Å². The molecular weight excluding hydrogens is 412 g/mol. The second-order valence-electron chi connectivity index (χ2n) is 7.38. The normalized spacial score (nSPS) is 10.8. The van der Waals surface area contributed by atoms with Crippen molar-refractivity contribution < 1.29 is 0 Å². The van der Waals surface area contributed by atoms with E-state index in [1.165, 1.54) is 31.7 Å². The molecule has 0 saturated carbocycles. The minimum atomic E-state index is 0.878. The van der Waals surface area contributed by atoms with Crippen molar-refractivity contribution in [2.75, 3.05) is 0 Å². The molecule has 0 saturated heterocycles. The van der Waals surface area contributed by atoms with E-state index in [9.17, 15) is 0 Å². The third kappa shape index (κ3) is 4.32. The highest BCUT2D eigenvalue weighted by Crippen LogP contribution is 2.36. The van der Waals surface area contributed by atoms with Gasteiger partial charge in [-0.15, -0.1) is 0 Å². The van der Waals surface area contributed by atoms with Crippen molar-refractivity contribution in [1.29, 1.82) is 0 Å². The van der Waals surface area contributed by atoms with Crippen LogP contribution in [0.25, 0.3) is 21.9 Å². The molecule has 0 aromatic heterocycles. The van der Waals surface area contributed by atoms with Gasteiger partial charge in [-0.2, -0.15) is 0 Å². The molecule has 148 valence electrons. The molecule has 0 atom stereocenters. The number of thiocarbonyl (C=S) groups is 1. The molecule has 2 heteroatoms. The van der Waals surface area contributed by atoms with Crippen molar-refractivity contribution in [2.45, 2.75) is 9.79 Å². The van der Waals surface area contributed by atoms with E-state index in [0.29, 0.717) is 0 Å². The van der Waals surface area contributed by atoms with E-state index in [0.717, 1.165) is 16.0 Å². The van der Waals surface area contributed by atoms with Crippen LogP contribution < -0.4 is 0 Å². The van der Waals surface area contributed by atoms with Gasteiger partial charge >= 0.3 is 0 Å². The molecule has 5 aromatic rings. The molecule has 0 radical (unpaired) electrons. The second kappa shape index (κ2) is 8.89. The Hall–Kier alpha value is -3.20. The van der Waals surface area contributed by atoms with E-state index >= 15 is 0 Å². The average molecular weight is 433 g/mol. The molecule has 0 N–H and O–H groups in total. The van der Waals surface area contributed by atoms with Crippen LogP contribution >= 0.6 is 24.0 Å². The fourth-order valence-electron chi connectivity index (χ4n) is 3.71. The highest BCUT2D eigenvalue weighted by molar-refractivity contribution is 7.99. The first-order chi connectivity index (χ1) is 15.3. The van der Waals surface area contributed by atoms with Gasteiger partial charge in [0.2, 0.25) is 0 Å². The summed E-state index contributed by atoms with van der Waals surface area (Å²) in [6, 6.07) is 42.5. The topological polar surface area (TPSA) is 0 Å². The van der Waals surface area contributed by atoms with Crippen LogP contribution in [0.2, 0.25) is 0 Å². The number of fused-ring (bicyclic) bond motifs is 1. The number of rotatable bonds is 5. The van der Waals surface area contributed by atoms with Gasteiger partial charge in [-0.3, -0.25) is 0 Å². The Balaban J connectivity index is 1.59. The summed E-state index contributed by atoms with van der Waals surface area (Å²) in [6.07, 6.45) is 0. The van der Waals surface area contributed by atoms with Gasteiger partial charge in [0.15, 0.2) is 0 Å². The van der Waals surface area contributed by atoms with Crippen LogP contribution in [0.5, 0.6) is 0 Å². The van der Waals surface area contributed by atoms with Gasteiger partial charge in [0.05, 0.1) is 4.86 Å². The molecule has 0 amide bonds. The molecule has 0 heterocycles. The maximum absolute atomic E-state index is 5.91. The first-order valence-corrected chi connectivity index (χ1v) is 11.5. The van der Waals surface area contributed by atoms with Crippen LogP contribution in [0, 0.1) is 0 Å². The van der Waals surface area contributed by atoms with E-state index in [4.69, 9.17) is 12.2 Å². The van der Waals surface area contributed by atoms with Gasteiger partial charge in [-0.25, -0.2) is 0 Å². The summed E-state index contributed by atoms with van der Waals surface area (Å²) < 4.78 is 0. The first kappa shape index (κ1) is 19.7. The van der Waals surface area contributed by atoms with Gasteiger partial charge in [0.1, 0.15) is 0 Å². The number of hydrogen-bond acceptors (Lipinski definition) is 2. The fraction of sp³-hybridized carbons (Fsp3) is 0. The predicted molar refractivity (Wildman–Crippen MR) is 137 cm³/mol. The van der Waals surface area contributed by atoms with Gasteiger partial charge in [-0.05, 0) is 45.7 Å². The highest BCUT2D eigenvalue weighted by atomic mass is 32.2. The van der Waals surface area contributed by atoms with Crippen LogP contribution in [0.3, 0.4) is 0 Å². The largest absolute Gasteiger partial charge is 0.0894 e. The molecule has 0 aliphatic heterocycles. The van der Waals surface area contributed by atoms with Gasteiger partial charge < -0.3 is 0 Å². The SMILES string of the molecule is S=C(c1ccccc1)c1ccc(-c2ccccc2)cc1Sc1ccc2ccccc2c1. The van der Waals surface area contributed by atoms with Crippen molar-refractivity contribution in [3.8, 4) is 11.1 Å². The molecule has 0 bridgehead atoms. The molecule has 0 unspecified atom stereocenters. The van der Waals surface area contributed by atoms with Crippen LogP contribution in [0.4, 0.5) is 0 Å². The van der Waals surface area contributed by atoms with E-state index in [2.05, 4.69) is 97.1 Å². The molecule has 0 fully saturated rings. The van der Waals surface area contributed by atoms with E-state index in [-0.39, 0.29) is 0 Å². The minimum absolute atomic E-state index is 0.878. The summed E-state index contributed by atoms with van der Waals surface area (Å²) in [4.78, 5) is 3.26. The van der Waals surface area contributed by atoms with Crippen molar-refractivity contribution in [2.24, 2.45) is 0 Å². The standard InChI is InChI=1S/C29H20S2/c30-29(23-12-5-2-6-13-23)27-18-16-25(21-9-3-1-4-10-21)20-28(27)31-26-17-15-22-11-7-8-14-24(22)19-26/h1-20H. The van der Waals surface area contributed by atoms with Crippen molar-refractivity contribution in [3.63, 3.8) is 0 Å². The maximum atomic E-state index is 5.91. The fourth-order valence-corrected chi connectivity index (χ4v) is 5.13. The molecule has 0 aliphatic rings. The Morgan fingerprint density at radius 1 is 0.548 bits per heavy atom. The summed E-state index contributed by atoms with van der Waals surface area (Å²) >= 11 is 7.69.